The number of ether oxygens (including phenoxy) is 2. The third-order valence-corrected chi connectivity index (χ3v) is 5.90. The van der Waals surface area contributed by atoms with Gasteiger partial charge in [-0.05, 0) is 40.2 Å². The van der Waals surface area contributed by atoms with Crippen LogP contribution in [-0.2, 0) is 4.74 Å². The summed E-state index contributed by atoms with van der Waals surface area (Å²) in [6, 6.07) is 9.04. The first-order valence-corrected chi connectivity index (χ1v) is 10.3. The molecule has 160 valence electrons. The molecule has 0 amide bonds. The number of anilines is 2. The van der Waals surface area contributed by atoms with Gasteiger partial charge in [0.25, 0.3) is 0 Å². The van der Waals surface area contributed by atoms with Gasteiger partial charge in [0.15, 0.2) is 6.23 Å². The Balaban J connectivity index is 1.36. The van der Waals surface area contributed by atoms with Crippen LogP contribution in [0.15, 0.2) is 47.3 Å². The summed E-state index contributed by atoms with van der Waals surface area (Å²) in [5, 5.41) is 22.7. The number of nitrogens with two attached hydrogens (primary N) is 2. The van der Waals surface area contributed by atoms with Crippen molar-refractivity contribution in [3.63, 3.8) is 0 Å². The molecule has 5 rings (SSSR count). The SMILES string of the molecule is Nc1ccc2ccc(OC[C@H]3O[C@@H](n4cc(Br)c5c(N)ncnc54)[C@H](O)[C@@H]3O)cc2n1. The number of hydrogen-bond acceptors (Lipinski definition) is 9. The number of aliphatic hydroxyl groups is 2. The minimum absolute atomic E-state index is 0.0278. The summed E-state index contributed by atoms with van der Waals surface area (Å²) < 4.78 is 14.0. The molecule has 4 heterocycles. The molecule has 11 heteroatoms. The molecule has 0 bridgehead atoms. The number of rotatable bonds is 4. The summed E-state index contributed by atoms with van der Waals surface area (Å²) in [6.45, 7) is 0.0278. The summed E-state index contributed by atoms with van der Waals surface area (Å²) >= 11 is 3.43. The number of hydrogen-bond donors (Lipinski definition) is 4. The van der Waals surface area contributed by atoms with Gasteiger partial charge in [-0.15, -0.1) is 0 Å². The molecule has 6 N–H and O–H groups in total. The predicted octanol–water partition coefficient (Wildman–Crippen LogP) is 1.60. The van der Waals surface area contributed by atoms with Crippen LogP contribution in [0.4, 0.5) is 11.6 Å². The maximum Gasteiger partial charge on any atom is 0.164 e. The molecule has 1 fully saturated rings. The summed E-state index contributed by atoms with van der Waals surface area (Å²) in [7, 11) is 0. The standard InChI is InChI=1S/C20H19BrN6O4/c21-11-6-27(19-15(11)18(23)24-8-25-19)20-17(29)16(28)13(31-20)7-30-10-3-1-9-2-4-14(22)26-12(9)5-10/h1-6,8,13,16-17,20,28-29H,7H2,(H2,22,26)(H2,23,24,25)/t13-,16-,17-,20-/m1/s1. The molecule has 0 saturated carbocycles. The molecule has 1 aliphatic heterocycles. The van der Waals surface area contributed by atoms with Crippen molar-refractivity contribution in [2.45, 2.75) is 24.5 Å². The van der Waals surface area contributed by atoms with Gasteiger partial charge in [-0.2, -0.15) is 0 Å². The second kappa shape index (κ2) is 7.61. The lowest BCUT2D eigenvalue weighted by atomic mass is 10.1. The van der Waals surface area contributed by atoms with Crippen LogP contribution in [0.1, 0.15) is 6.23 Å². The zero-order chi connectivity index (χ0) is 21.7. The van der Waals surface area contributed by atoms with E-state index in [0.717, 1.165) is 5.39 Å². The third-order valence-electron chi connectivity index (χ3n) is 5.30. The van der Waals surface area contributed by atoms with Crippen molar-refractivity contribution in [1.29, 1.82) is 0 Å². The van der Waals surface area contributed by atoms with Gasteiger partial charge in [0, 0.05) is 22.1 Å². The van der Waals surface area contributed by atoms with Gasteiger partial charge < -0.3 is 35.7 Å². The van der Waals surface area contributed by atoms with E-state index >= 15 is 0 Å². The van der Waals surface area contributed by atoms with E-state index < -0.39 is 24.5 Å². The highest BCUT2D eigenvalue weighted by Crippen LogP contribution is 2.36. The van der Waals surface area contributed by atoms with Crippen LogP contribution in [0.2, 0.25) is 0 Å². The van der Waals surface area contributed by atoms with Crippen LogP contribution in [0.5, 0.6) is 5.75 Å². The maximum absolute atomic E-state index is 10.6. The van der Waals surface area contributed by atoms with Gasteiger partial charge >= 0.3 is 0 Å². The lowest BCUT2D eigenvalue weighted by Crippen LogP contribution is -2.34. The molecular formula is C20H19BrN6O4. The normalized spacial score (nSPS) is 23.6. The molecule has 0 unspecified atom stereocenters. The predicted molar refractivity (Wildman–Crippen MR) is 117 cm³/mol. The molecule has 3 aromatic heterocycles. The highest BCUT2D eigenvalue weighted by Gasteiger charge is 2.44. The van der Waals surface area contributed by atoms with E-state index in [4.69, 9.17) is 20.9 Å². The molecule has 1 saturated heterocycles. The highest BCUT2D eigenvalue weighted by atomic mass is 79.9. The van der Waals surface area contributed by atoms with Gasteiger partial charge in [0.1, 0.15) is 54.3 Å². The van der Waals surface area contributed by atoms with Gasteiger partial charge in [-0.1, -0.05) is 0 Å². The average Bonchev–Trinajstić information content (AvgIpc) is 3.23. The lowest BCUT2D eigenvalue weighted by molar-refractivity contribution is -0.0472. The maximum atomic E-state index is 10.6. The summed E-state index contributed by atoms with van der Waals surface area (Å²) in [5.41, 5.74) is 12.9. The van der Waals surface area contributed by atoms with Crippen LogP contribution >= 0.6 is 15.9 Å². The Hall–Kier alpha value is -2.99. The van der Waals surface area contributed by atoms with E-state index in [9.17, 15) is 10.2 Å². The first-order valence-electron chi connectivity index (χ1n) is 9.49. The lowest BCUT2D eigenvalue weighted by Gasteiger charge is -2.17. The molecule has 10 nitrogen and oxygen atoms in total. The Bertz CT molecular complexity index is 1280. The topological polar surface area (TPSA) is 155 Å². The van der Waals surface area contributed by atoms with Crippen LogP contribution in [-0.4, -0.2) is 54.7 Å². The second-order valence-corrected chi connectivity index (χ2v) is 8.14. The van der Waals surface area contributed by atoms with Crippen molar-refractivity contribution in [3.8, 4) is 5.75 Å². The summed E-state index contributed by atoms with van der Waals surface area (Å²) in [4.78, 5) is 12.5. The minimum Gasteiger partial charge on any atom is -0.491 e. The number of pyridine rings is 1. The summed E-state index contributed by atoms with van der Waals surface area (Å²) in [5.74, 6) is 1.27. The Kier molecular flexibility index (Phi) is 4.89. The van der Waals surface area contributed by atoms with Crippen molar-refractivity contribution >= 4 is 49.5 Å². The minimum atomic E-state index is -1.19. The molecule has 1 aromatic carbocycles. The molecule has 0 aliphatic carbocycles. The van der Waals surface area contributed by atoms with Crippen molar-refractivity contribution in [1.82, 2.24) is 19.5 Å². The first-order chi connectivity index (χ1) is 14.9. The van der Waals surface area contributed by atoms with Crippen LogP contribution in [0.25, 0.3) is 21.9 Å². The molecule has 0 spiro atoms. The van der Waals surface area contributed by atoms with Gasteiger partial charge in [0.05, 0.1) is 10.9 Å². The first kappa shape index (κ1) is 19.9. The van der Waals surface area contributed by atoms with E-state index in [1.807, 2.05) is 12.1 Å². The fraction of sp³-hybridized carbons (Fsp3) is 0.250. The Morgan fingerprint density at radius 2 is 1.94 bits per heavy atom. The van der Waals surface area contributed by atoms with Crippen molar-refractivity contribution < 1.29 is 19.7 Å². The molecule has 4 atom stereocenters. The Labute approximate surface area is 184 Å². The zero-order valence-electron chi connectivity index (χ0n) is 16.1. The third kappa shape index (κ3) is 3.45. The van der Waals surface area contributed by atoms with E-state index in [0.29, 0.717) is 38.4 Å². The van der Waals surface area contributed by atoms with E-state index in [1.54, 1.807) is 29.0 Å². The Morgan fingerprint density at radius 3 is 2.77 bits per heavy atom. The Morgan fingerprint density at radius 1 is 1.13 bits per heavy atom. The average molecular weight is 487 g/mol. The fourth-order valence-corrected chi connectivity index (χ4v) is 4.33. The number of halogens is 1. The second-order valence-electron chi connectivity index (χ2n) is 7.29. The molecule has 31 heavy (non-hydrogen) atoms. The summed E-state index contributed by atoms with van der Waals surface area (Å²) in [6.07, 6.45) is -0.956. The number of aliphatic hydroxyl groups excluding tert-OH is 2. The quantitative estimate of drug-likeness (QED) is 0.336. The molecule has 1 aliphatic rings. The van der Waals surface area contributed by atoms with Crippen molar-refractivity contribution in [3.05, 3.63) is 47.3 Å². The van der Waals surface area contributed by atoms with Gasteiger partial charge in [0.2, 0.25) is 0 Å². The monoisotopic (exact) mass is 486 g/mol. The smallest absolute Gasteiger partial charge is 0.164 e. The largest absolute Gasteiger partial charge is 0.491 e. The van der Waals surface area contributed by atoms with Crippen molar-refractivity contribution in [2.75, 3.05) is 18.1 Å². The number of fused-ring (bicyclic) bond motifs is 2. The van der Waals surface area contributed by atoms with Crippen LogP contribution in [0, 0.1) is 0 Å². The highest BCUT2D eigenvalue weighted by molar-refractivity contribution is 9.10. The van der Waals surface area contributed by atoms with Crippen molar-refractivity contribution in [2.24, 2.45) is 0 Å². The molecular weight excluding hydrogens is 468 g/mol. The number of aromatic nitrogens is 4. The fourth-order valence-electron chi connectivity index (χ4n) is 3.73. The van der Waals surface area contributed by atoms with E-state index in [2.05, 4.69) is 30.9 Å². The van der Waals surface area contributed by atoms with Crippen LogP contribution in [0.3, 0.4) is 0 Å². The zero-order valence-corrected chi connectivity index (χ0v) is 17.7. The van der Waals surface area contributed by atoms with Gasteiger partial charge in [-0.3, -0.25) is 0 Å². The number of nitrogen functional groups attached to an aromatic ring is 2. The van der Waals surface area contributed by atoms with Crippen LogP contribution < -0.4 is 16.2 Å². The number of nitrogens with zero attached hydrogens (tertiary/aromatic N) is 4. The van der Waals surface area contributed by atoms with E-state index in [-0.39, 0.29) is 6.61 Å². The molecule has 0 radical (unpaired) electrons. The van der Waals surface area contributed by atoms with Gasteiger partial charge in [-0.25, -0.2) is 15.0 Å². The molecule has 4 aromatic rings. The number of benzene rings is 1. The van der Waals surface area contributed by atoms with E-state index in [1.165, 1.54) is 6.33 Å².